The van der Waals surface area contributed by atoms with Gasteiger partial charge in [-0.25, -0.2) is 4.79 Å². The molecule has 1 atom stereocenters. The molecule has 1 aliphatic heterocycles. The number of aliphatic hydroxyl groups is 1. The van der Waals surface area contributed by atoms with E-state index in [1.165, 1.54) is 0 Å². The van der Waals surface area contributed by atoms with Crippen molar-refractivity contribution >= 4 is 17.6 Å². The van der Waals surface area contributed by atoms with Gasteiger partial charge in [-0.15, -0.1) is 0 Å². The summed E-state index contributed by atoms with van der Waals surface area (Å²) in [5.74, 6) is -0.196. The first-order valence-corrected chi connectivity index (χ1v) is 9.13. The highest BCUT2D eigenvalue weighted by Crippen LogP contribution is 2.22. The van der Waals surface area contributed by atoms with Crippen LogP contribution in [0.5, 0.6) is 0 Å². The van der Waals surface area contributed by atoms with Crippen LogP contribution in [0.1, 0.15) is 41.6 Å². The first kappa shape index (κ1) is 20.2. The maximum absolute atomic E-state index is 12.7. The summed E-state index contributed by atoms with van der Waals surface area (Å²) in [5.41, 5.74) is 1.84. The molecule has 0 bridgehead atoms. The van der Waals surface area contributed by atoms with Gasteiger partial charge in [-0.1, -0.05) is 18.9 Å². The van der Waals surface area contributed by atoms with Crippen LogP contribution in [0.2, 0.25) is 0 Å². The molecule has 3 amide bonds. The second-order valence-electron chi connectivity index (χ2n) is 6.54. The number of hydrogen-bond donors (Lipinski definition) is 3. The molecule has 1 aliphatic rings. The van der Waals surface area contributed by atoms with E-state index in [0.29, 0.717) is 36.5 Å². The monoisotopic (exact) mass is 363 g/mol. The Morgan fingerprint density at radius 3 is 2.85 bits per heavy atom. The van der Waals surface area contributed by atoms with E-state index < -0.39 is 0 Å². The molecular formula is C19H29N3O4. The molecule has 1 saturated heterocycles. The summed E-state index contributed by atoms with van der Waals surface area (Å²) in [7, 11) is 1.58. The number of ether oxygens (including phenoxy) is 1. The van der Waals surface area contributed by atoms with Gasteiger partial charge >= 0.3 is 6.03 Å². The van der Waals surface area contributed by atoms with Gasteiger partial charge < -0.3 is 25.4 Å². The summed E-state index contributed by atoms with van der Waals surface area (Å²) < 4.78 is 4.94. The second-order valence-corrected chi connectivity index (χ2v) is 6.54. The molecule has 26 heavy (non-hydrogen) atoms. The largest absolute Gasteiger partial charge is 0.394 e. The van der Waals surface area contributed by atoms with Gasteiger partial charge in [0.1, 0.15) is 0 Å². The Kier molecular flexibility index (Phi) is 7.87. The quantitative estimate of drug-likeness (QED) is 0.676. The predicted octanol–water partition coefficient (Wildman–Crippen LogP) is 2.14. The topological polar surface area (TPSA) is 90.9 Å². The molecule has 1 aromatic carbocycles. The van der Waals surface area contributed by atoms with Crippen molar-refractivity contribution in [1.82, 2.24) is 10.2 Å². The number of urea groups is 1. The fourth-order valence-electron chi connectivity index (χ4n) is 3.20. The third kappa shape index (κ3) is 5.19. The molecule has 7 nitrogen and oxygen atoms in total. The zero-order valence-corrected chi connectivity index (χ0v) is 15.6. The maximum atomic E-state index is 12.7. The molecule has 2 rings (SSSR count). The summed E-state index contributed by atoms with van der Waals surface area (Å²) in [6.07, 6.45) is 3.83. The molecule has 0 radical (unpaired) electrons. The number of likely N-dealkylation sites (tertiary alicyclic amines) is 1. The number of nitrogens with zero attached hydrogens (tertiary/aromatic N) is 1. The molecule has 0 saturated carbocycles. The molecular weight excluding hydrogens is 334 g/mol. The van der Waals surface area contributed by atoms with Gasteiger partial charge in [0.25, 0.3) is 5.91 Å². The number of anilines is 1. The first-order valence-electron chi connectivity index (χ1n) is 9.13. The number of carbonyl (C=O) groups excluding carboxylic acids is 2. The standard InChI is InChI=1S/C19H29N3O4/c1-14-16(18(24)20-10-12-26-2)8-6-9-17(14)21-19(25)22-11-5-3-4-7-15(22)13-23/h6,8-9,15,23H,3-5,7,10-13H2,1-2H3,(H,20,24)(H,21,25)/t15-/m1/s1. The van der Waals surface area contributed by atoms with Gasteiger partial charge in [-0.2, -0.15) is 0 Å². The fraction of sp³-hybridized carbons (Fsp3) is 0.579. The van der Waals surface area contributed by atoms with Crippen LogP contribution in [0, 0.1) is 6.92 Å². The lowest BCUT2D eigenvalue weighted by Gasteiger charge is -2.29. The molecule has 0 aliphatic carbocycles. The van der Waals surface area contributed by atoms with Crippen molar-refractivity contribution in [2.75, 3.05) is 38.7 Å². The van der Waals surface area contributed by atoms with Crippen molar-refractivity contribution < 1.29 is 19.4 Å². The van der Waals surface area contributed by atoms with E-state index in [0.717, 1.165) is 25.7 Å². The number of benzene rings is 1. The molecule has 1 heterocycles. The van der Waals surface area contributed by atoms with E-state index in [1.807, 2.05) is 6.92 Å². The van der Waals surface area contributed by atoms with Crippen LogP contribution in [0.25, 0.3) is 0 Å². The Hall–Kier alpha value is -2.12. The minimum Gasteiger partial charge on any atom is -0.394 e. The summed E-state index contributed by atoms with van der Waals surface area (Å²) in [4.78, 5) is 26.7. The number of methoxy groups -OCH3 is 1. The van der Waals surface area contributed by atoms with Gasteiger partial charge in [0.2, 0.25) is 0 Å². The highest BCUT2D eigenvalue weighted by Gasteiger charge is 2.25. The number of amides is 3. The summed E-state index contributed by atoms with van der Waals surface area (Å²) in [5, 5.41) is 15.3. The number of rotatable bonds is 6. The first-order chi connectivity index (χ1) is 12.6. The average molecular weight is 363 g/mol. The Bertz CT molecular complexity index is 621. The summed E-state index contributed by atoms with van der Waals surface area (Å²) in [6.45, 7) is 3.28. The molecule has 0 unspecified atom stereocenters. The summed E-state index contributed by atoms with van der Waals surface area (Å²) in [6, 6.07) is 4.88. The highest BCUT2D eigenvalue weighted by atomic mass is 16.5. The van der Waals surface area contributed by atoms with E-state index >= 15 is 0 Å². The molecule has 144 valence electrons. The van der Waals surface area contributed by atoms with Crippen molar-refractivity contribution in [1.29, 1.82) is 0 Å². The average Bonchev–Trinajstić information content (AvgIpc) is 2.89. The van der Waals surface area contributed by atoms with Crippen LogP contribution in [-0.4, -0.2) is 61.4 Å². The van der Waals surface area contributed by atoms with Gasteiger partial charge in [0, 0.05) is 31.5 Å². The Balaban J connectivity index is 2.09. The van der Waals surface area contributed by atoms with Crippen LogP contribution in [-0.2, 0) is 4.74 Å². The zero-order valence-electron chi connectivity index (χ0n) is 15.6. The zero-order chi connectivity index (χ0) is 18.9. The lowest BCUT2D eigenvalue weighted by atomic mass is 10.1. The summed E-state index contributed by atoms with van der Waals surface area (Å²) >= 11 is 0. The fourth-order valence-corrected chi connectivity index (χ4v) is 3.20. The number of aliphatic hydroxyl groups excluding tert-OH is 1. The Morgan fingerprint density at radius 1 is 1.31 bits per heavy atom. The molecule has 3 N–H and O–H groups in total. The Morgan fingerprint density at radius 2 is 2.12 bits per heavy atom. The molecule has 0 spiro atoms. The second kappa shape index (κ2) is 10.1. The van der Waals surface area contributed by atoms with Crippen molar-refractivity contribution in [3.63, 3.8) is 0 Å². The number of nitrogens with one attached hydrogen (secondary N) is 2. The third-order valence-electron chi connectivity index (χ3n) is 4.76. The molecule has 1 aromatic rings. The van der Waals surface area contributed by atoms with Crippen LogP contribution < -0.4 is 10.6 Å². The SMILES string of the molecule is COCCNC(=O)c1cccc(NC(=O)N2CCCCC[C@@H]2CO)c1C. The normalized spacial score (nSPS) is 17.5. The third-order valence-corrected chi connectivity index (χ3v) is 4.76. The van der Waals surface area contributed by atoms with Crippen LogP contribution in [0.15, 0.2) is 18.2 Å². The van der Waals surface area contributed by atoms with E-state index in [2.05, 4.69) is 10.6 Å². The molecule has 0 aromatic heterocycles. The van der Waals surface area contributed by atoms with E-state index in [-0.39, 0.29) is 24.6 Å². The van der Waals surface area contributed by atoms with Crippen molar-refractivity contribution in [2.24, 2.45) is 0 Å². The van der Waals surface area contributed by atoms with E-state index in [9.17, 15) is 14.7 Å². The molecule has 7 heteroatoms. The predicted molar refractivity (Wildman–Crippen MR) is 100 cm³/mol. The van der Waals surface area contributed by atoms with Crippen molar-refractivity contribution in [3.8, 4) is 0 Å². The number of hydrogen-bond acceptors (Lipinski definition) is 4. The van der Waals surface area contributed by atoms with Gasteiger partial charge in [-0.3, -0.25) is 4.79 Å². The minimum absolute atomic E-state index is 0.0334. The lowest BCUT2D eigenvalue weighted by Crippen LogP contribution is -2.44. The van der Waals surface area contributed by atoms with Gasteiger partial charge in [-0.05, 0) is 37.5 Å². The highest BCUT2D eigenvalue weighted by molar-refractivity contribution is 5.99. The van der Waals surface area contributed by atoms with Crippen LogP contribution in [0.4, 0.5) is 10.5 Å². The van der Waals surface area contributed by atoms with Gasteiger partial charge in [0.15, 0.2) is 0 Å². The van der Waals surface area contributed by atoms with Crippen molar-refractivity contribution in [3.05, 3.63) is 29.3 Å². The van der Waals surface area contributed by atoms with Crippen LogP contribution in [0.3, 0.4) is 0 Å². The minimum atomic E-state index is -0.231. The Labute approximate surface area is 154 Å². The van der Waals surface area contributed by atoms with Crippen LogP contribution >= 0.6 is 0 Å². The van der Waals surface area contributed by atoms with Gasteiger partial charge in [0.05, 0.1) is 19.3 Å². The van der Waals surface area contributed by atoms with Crippen molar-refractivity contribution in [2.45, 2.75) is 38.6 Å². The van der Waals surface area contributed by atoms with E-state index in [4.69, 9.17) is 4.74 Å². The molecule has 1 fully saturated rings. The van der Waals surface area contributed by atoms with E-state index in [1.54, 1.807) is 30.2 Å². The maximum Gasteiger partial charge on any atom is 0.322 e. The number of carbonyl (C=O) groups is 2. The smallest absolute Gasteiger partial charge is 0.322 e. The lowest BCUT2D eigenvalue weighted by molar-refractivity contribution is 0.0936.